The molecule has 11 heteroatoms. The summed E-state index contributed by atoms with van der Waals surface area (Å²) in [4.78, 5) is 39.3. The van der Waals surface area contributed by atoms with Gasteiger partial charge in [0.1, 0.15) is 23.2 Å². The first-order valence-electron chi connectivity index (χ1n) is 11.2. The number of likely N-dealkylation sites (tertiary alicyclic amines) is 1. The van der Waals surface area contributed by atoms with Crippen LogP contribution in [0.5, 0.6) is 11.5 Å². The molecule has 1 saturated heterocycles. The van der Waals surface area contributed by atoms with Crippen LogP contribution in [-0.2, 0) is 9.59 Å². The van der Waals surface area contributed by atoms with Crippen LogP contribution >= 0.6 is 0 Å². The zero-order valence-electron chi connectivity index (χ0n) is 19.3. The van der Waals surface area contributed by atoms with E-state index < -0.39 is 13.1 Å². The molecule has 1 aromatic rings. The molecule has 10 nitrogen and oxygen atoms in total. The van der Waals surface area contributed by atoms with E-state index in [0.717, 1.165) is 5.56 Å². The van der Waals surface area contributed by atoms with Crippen LogP contribution in [0.4, 0.5) is 0 Å². The molecule has 1 saturated carbocycles. The summed E-state index contributed by atoms with van der Waals surface area (Å²) < 4.78 is 11.6. The van der Waals surface area contributed by atoms with E-state index in [1.165, 1.54) is 4.90 Å². The molecule has 33 heavy (non-hydrogen) atoms. The maximum Gasteiger partial charge on any atom is 0.526 e. The summed E-state index contributed by atoms with van der Waals surface area (Å²) in [5.41, 5.74) is 0.756. The number of benzene rings is 1. The molecule has 3 N–H and O–H groups in total. The summed E-state index contributed by atoms with van der Waals surface area (Å²) >= 11 is 0. The second-order valence-corrected chi connectivity index (χ2v) is 9.50. The van der Waals surface area contributed by atoms with Crippen molar-refractivity contribution >= 4 is 24.9 Å². The van der Waals surface area contributed by atoms with E-state index in [0.29, 0.717) is 19.6 Å². The molecule has 2 aliphatic heterocycles. The number of rotatable bonds is 8. The molecule has 1 aromatic carbocycles. The van der Waals surface area contributed by atoms with Crippen LogP contribution in [0.3, 0.4) is 0 Å². The van der Waals surface area contributed by atoms with Crippen LogP contribution in [0.25, 0.3) is 0 Å². The van der Waals surface area contributed by atoms with Crippen molar-refractivity contribution < 1.29 is 33.9 Å². The van der Waals surface area contributed by atoms with Gasteiger partial charge in [-0.1, -0.05) is 19.9 Å². The predicted octanol–water partition coefficient (Wildman–Crippen LogP) is 0.265. The molecule has 0 radical (unpaired) electrons. The second kappa shape index (κ2) is 8.87. The number of nitrogens with zero attached hydrogens (tertiary/aromatic N) is 2. The molecule has 2 unspecified atom stereocenters. The maximum atomic E-state index is 12.2. The first-order valence-corrected chi connectivity index (χ1v) is 11.2. The summed E-state index contributed by atoms with van der Waals surface area (Å²) in [6.45, 7) is 5.39. The van der Waals surface area contributed by atoms with E-state index in [-0.39, 0.29) is 65.1 Å². The Kier molecular flexibility index (Phi) is 6.28. The SMILES string of the molecule is C[C@@H]1C2B(O)Oc3c(ccc(OC4CN(C[C@H](C)C(=O)NCC(=O)N(C)C)C4)c3C(=O)O)C21. The van der Waals surface area contributed by atoms with E-state index in [1.54, 1.807) is 27.1 Å². The van der Waals surface area contributed by atoms with Gasteiger partial charge in [-0.25, -0.2) is 4.79 Å². The van der Waals surface area contributed by atoms with Gasteiger partial charge in [0.25, 0.3) is 0 Å². The largest absolute Gasteiger partial charge is 0.535 e. The van der Waals surface area contributed by atoms with Gasteiger partial charge >= 0.3 is 13.1 Å². The fourth-order valence-electron chi connectivity index (χ4n) is 4.78. The third-order valence-electron chi connectivity index (χ3n) is 6.85. The number of carbonyl (C=O) groups is 3. The number of aromatic carboxylic acids is 1. The molecule has 178 valence electrons. The van der Waals surface area contributed by atoms with Crippen molar-refractivity contribution in [3.05, 3.63) is 23.3 Å². The number of hydrogen-bond acceptors (Lipinski definition) is 7. The Morgan fingerprint density at radius 3 is 2.67 bits per heavy atom. The number of carboxylic acids is 1. The average Bonchev–Trinajstić information content (AvgIpc) is 3.41. The van der Waals surface area contributed by atoms with E-state index >= 15 is 0 Å². The number of ether oxygens (including phenoxy) is 1. The molecule has 0 aromatic heterocycles. The van der Waals surface area contributed by atoms with Crippen molar-refractivity contribution in [1.29, 1.82) is 0 Å². The molecule has 4 atom stereocenters. The van der Waals surface area contributed by atoms with Gasteiger partial charge in [-0.2, -0.15) is 0 Å². The lowest BCUT2D eigenvalue weighted by Crippen LogP contribution is -2.56. The first-order chi connectivity index (χ1) is 15.6. The summed E-state index contributed by atoms with van der Waals surface area (Å²) in [6, 6.07) is 3.51. The minimum atomic E-state index is -1.16. The quantitative estimate of drug-likeness (QED) is 0.473. The Balaban J connectivity index is 1.33. The van der Waals surface area contributed by atoms with Crippen molar-refractivity contribution in [2.75, 3.05) is 40.3 Å². The number of carbonyl (C=O) groups excluding carboxylic acids is 2. The summed E-state index contributed by atoms with van der Waals surface area (Å²) in [7, 11) is 2.26. The highest BCUT2D eigenvalue weighted by Gasteiger charge is 2.60. The third kappa shape index (κ3) is 4.52. The summed E-state index contributed by atoms with van der Waals surface area (Å²) in [5, 5.41) is 22.7. The van der Waals surface area contributed by atoms with Crippen LogP contribution in [0.1, 0.15) is 35.7 Å². The fourth-order valence-corrected chi connectivity index (χ4v) is 4.78. The summed E-state index contributed by atoms with van der Waals surface area (Å²) in [6.07, 6.45) is -0.215. The minimum Gasteiger partial charge on any atom is -0.535 e. The van der Waals surface area contributed by atoms with E-state index in [4.69, 9.17) is 9.39 Å². The number of hydrogen-bond donors (Lipinski definition) is 3. The third-order valence-corrected chi connectivity index (χ3v) is 6.85. The highest BCUT2D eigenvalue weighted by molar-refractivity contribution is 6.48. The van der Waals surface area contributed by atoms with Gasteiger partial charge in [0, 0.05) is 45.5 Å². The van der Waals surface area contributed by atoms with Crippen LogP contribution in [0, 0.1) is 11.8 Å². The molecular weight excluding hydrogens is 429 g/mol. The van der Waals surface area contributed by atoms with Crippen molar-refractivity contribution in [3.8, 4) is 11.5 Å². The Morgan fingerprint density at radius 2 is 2.03 bits per heavy atom. The number of carboxylic acid groups (broad SMARTS) is 1. The Bertz CT molecular complexity index is 966. The van der Waals surface area contributed by atoms with Crippen molar-refractivity contribution in [2.45, 2.75) is 31.7 Å². The van der Waals surface area contributed by atoms with Crippen LogP contribution in [0.2, 0.25) is 5.82 Å². The number of nitrogens with one attached hydrogen (secondary N) is 1. The minimum absolute atomic E-state index is 0.00583. The monoisotopic (exact) mass is 459 g/mol. The van der Waals surface area contributed by atoms with Gasteiger partial charge in [0.05, 0.1) is 6.54 Å². The molecular formula is C22H30BN3O7. The lowest BCUT2D eigenvalue weighted by atomic mass is 9.76. The van der Waals surface area contributed by atoms with Gasteiger partial charge in [-0.05, 0) is 23.5 Å². The zero-order valence-corrected chi connectivity index (χ0v) is 19.3. The van der Waals surface area contributed by atoms with Crippen LogP contribution in [0.15, 0.2) is 12.1 Å². The van der Waals surface area contributed by atoms with Gasteiger partial charge in [-0.3, -0.25) is 14.5 Å². The van der Waals surface area contributed by atoms with Crippen molar-refractivity contribution in [2.24, 2.45) is 11.8 Å². The Hall–Kier alpha value is -2.79. The van der Waals surface area contributed by atoms with E-state index in [9.17, 15) is 24.5 Å². The van der Waals surface area contributed by atoms with Gasteiger partial charge in [0.15, 0.2) is 0 Å². The number of amides is 2. The standard InChI is InChI=1S/C22H30BN3O7/c1-11(21(28)24-7-16(27)25(3)4)8-26-9-13(10-26)32-15-6-5-14-17-12(2)19(17)23(31)33-20(14)18(15)22(29)30/h5-6,11-13,17,19,31H,7-10H2,1-4H3,(H,24,28)(H,29,30)/t11-,12-,17?,19?/m0/s1. The lowest BCUT2D eigenvalue weighted by Gasteiger charge is -2.40. The van der Waals surface area contributed by atoms with Crippen molar-refractivity contribution in [1.82, 2.24) is 15.1 Å². The van der Waals surface area contributed by atoms with E-state index in [2.05, 4.69) is 5.32 Å². The number of fused-ring (bicyclic) bond motifs is 3. The van der Waals surface area contributed by atoms with Crippen molar-refractivity contribution in [3.63, 3.8) is 0 Å². The van der Waals surface area contributed by atoms with E-state index in [1.807, 2.05) is 17.9 Å². The molecule has 2 fully saturated rings. The normalized spacial score (nSPS) is 24.5. The predicted molar refractivity (Wildman–Crippen MR) is 119 cm³/mol. The lowest BCUT2D eigenvalue weighted by molar-refractivity contribution is -0.132. The topological polar surface area (TPSA) is 129 Å². The molecule has 4 rings (SSSR count). The Labute approximate surface area is 193 Å². The maximum absolute atomic E-state index is 12.2. The highest BCUT2D eigenvalue weighted by Crippen LogP contribution is 2.65. The molecule has 2 amide bonds. The van der Waals surface area contributed by atoms with Crippen LogP contribution in [-0.4, -0.2) is 91.2 Å². The Morgan fingerprint density at radius 1 is 1.33 bits per heavy atom. The molecule has 1 aliphatic carbocycles. The molecule has 0 spiro atoms. The highest BCUT2D eigenvalue weighted by atomic mass is 16.5. The second-order valence-electron chi connectivity index (χ2n) is 9.50. The number of likely N-dealkylation sites (N-methyl/N-ethyl adjacent to an activating group) is 1. The fraction of sp³-hybridized carbons (Fsp3) is 0.591. The summed E-state index contributed by atoms with van der Waals surface area (Å²) in [5.74, 6) is -1.05. The smallest absolute Gasteiger partial charge is 0.526 e. The van der Waals surface area contributed by atoms with Crippen LogP contribution < -0.4 is 14.7 Å². The first kappa shape index (κ1) is 23.4. The van der Waals surface area contributed by atoms with Gasteiger partial charge < -0.3 is 29.7 Å². The van der Waals surface area contributed by atoms with Gasteiger partial charge in [-0.15, -0.1) is 0 Å². The van der Waals surface area contributed by atoms with Gasteiger partial charge in [0.2, 0.25) is 11.8 Å². The zero-order chi connectivity index (χ0) is 24.0. The molecule has 3 aliphatic rings. The average molecular weight is 459 g/mol. The molecule has 0 bridgehead atoms. The molecule has 2 heterocycles.